The van der Waals surface area contributed by atoms with E-state index in [-0.39, 0.29) is 0 Å². The number of likely N-dealkylation sites (tertiary alicyclic amines) is 1. The van der Waals surface area contributed by atoms with E-state index in [1.165, 1.54) is 32.4 Å². The van der Waals surface area contributed by atoms with Crippen molar-refractivity contribution >= 4 is 23.2 Å². The molecule has 0 aliphatic carbocycles. The molecule has 19 heavy (non-hydrogen) atoms. The van der Waals surface area contributed by atoms with Gasteiger partial charge in [0.2, 0.25) is 0 Å². The van der Waals surface area contributed by atoms with E-state index in [4.69, 9.17) is 23.2 Å². The fourth-order valence-electron chi connectivity index (χ4n) is 3.37. The minimum absolute atomic E-state index is 0.728. The van der Waals surface area contributed by atoms with Crippen LogP contribution in [0.4, 0.5) is 0 Å². The Morgan fingerprint density at radius 3 is 2.79 bits per heavy atom. The van der Waals surface area contributed by atoms with Crippen molar-refractivity contribution in [3.05, 3.63) is 33.8 Å². The summed E-state index contributed by atoms with van der Waals surface area (Å²) in [4.78, 5) is 2.50. The van der Waals surface area contributed by atoms with Crippen molar-refractivity contribution in [2.24, 2.45) is 5.92 Å². The number of nitrogens with zero attached hydrogens (tertiary/aromatic N) is 1. The molecular weight excluding hydrogens is 279 g/mol. The highest BCUT2D eigenvalue weighted by molar-refractivity contribution is 6.35. The molecule has 2 aliphatic heterocycles. The molecule has 2 heterocycles. The Bertz CT molecular complexity index is 430. The second-order valence-electron chi connectivity index (χ2n) is 5.69. The van der Waals surface area contributed by atoms with Crippen LogP contribution in [0.2, 0.25) is 10.0 Å². The maximum atomic E-state index is 6.26. The molecule has 2 aliphatic rings. The van der Waals surface area contributed by atoms with E-state index in [2.05, 4.69) is 10.2 Å². The first-order chi connectivity index (χ1) is 9.24. The van der Waals surface area contributed by atoms with Gasteiger partial charge in [0.05, 0.1) is 0 Å². The number of piperidine rings is 2. The van der Waals surface area contributed by atoms with Crippen molar-refractivity contribution < 1.29 is 0 Å². The van der Waals surface area contributed by atoms with Gasteiger partial charge in [-0.1, -0.05) is 29.3 Å². The highest BCUT2D eigenvalue weighted by atomic mass is 35.5. The summed E-state index contributed by atoms with van der Waals surface area (Å²) in [5.41, 5.74) is 1.08. The molecule has 4 heteroatoms. The van der Waals surface area contributed by atoms with Crippen LogP contribution < -0.4 is 5.32 Å². The molecule has 1 aromatic rings. The van der Waals surface area contributed by atoms with Crippen molar-refractivity contribution in [1.29, 1.82) is 0 Å². The zero-order chi connectivity index (χ0) is 13.2. The fraction of sp³-hybridized carbons (Fsp3) is 0.600. The molecule has 1 N–H and O–H groups in total. The van der Waals surface area contributed by atoms with Crippen LogP contribution in [0.1, 0.15) is 24.8 Å². The molecule has 0 bridgehead atoms. The maximum absolute atomic E-state index is 6.26. The number of hydrogen-bond donors (Lipinski definition) is 1. The van der Waals surface area contributed by atoms with Gasteiger partial charge in [-0.3, -0.25) is 4.90 Å². The Balaban J connectivity index is 1.67. The fourth-order valence-corrected chi connectivity index (χ4v) is 3.89. The summed E-state index contributed by atoms with van der Waals surface area (Å²) in [7, 11) is 0. The monoisotopic (exact) mass is 298 g/mol. The normalized spacial score (nSPS) is 28.1. The van der Waals surface area contributed by atoms with Gasteiger partial charge in [0.1, 0.15) is 0 Å². The lowest BCUT2D eigenvalue weighted by atomic mass is 9.85. The Morgan fingerprint density at radius 2 is 2.00 bits per heavy atom. The predicted octanol–water partition coefficient (Wildman–Crippen LogP) is 3.57. The average molecular weight is 299 g/mol. The van der Waals surface area contributed by atoms with Gasteiger partial charge in [-0.15, -0.1) is 0 Å². The molecule has 2 unspecified atom stereocenters. The second kappa shape index (κ2) is 6.01. The Morgan fingerprint density at radius 1 is 1.21 bits per heavy atom. The van der Waals surface area contributed by atoms with Crippen molar-refractivity contribution in [2.75, 3.05) is 19.6 Å². The third-order valence-corrected chi connectivity index (χ3v) is 5.13. The van der Waals surface area contributed by atoms with Crippen LogP contribution in [0.3, 0.4) is 0 Å². The molecule has 3 rings (SSSR count). The lowest BCUT2D eigenvalue weighted by molar-refractivity contribution is 0.109. The highest BCUT2D eigenvalue weighted by Gasteiger charge is 2.31. The summed E-state index contributed by atoms with van der Waals surface area (Å²) < 4.78 is 0. The third kappa shape index (κ3) is 3.08. The summed E-state index contributed by atoms with van der Waals surface area (Å²) in [5.74, 6) is 0.795. The molecule has 0 saturated carbocycles. The van der Waals surface area contributed by atoms with Gasteiger partial charge in [0, 0.05) is 34.7 Å². The number of hydrogen-bond acceptors (Lipinski definition) is 2. The van der Waals surface area contributed by atoms with Crippen molar-refractivity contribution in [3.8, 4) is 0 Å². The van der Waals surface area contributed by atoms with Crippen LogP contribution in [0, 0.1) is 5.92 Å². The lowest BCUT2D eigenvalue weighted by Crippen LogP contribution is -2.51. The molecule has 2 nitrogen and oxygen atoms in total. The first-order valence-electron chi connectivity index (χ1n) is 7.12. The zero-order valence-electron chi connectivity index (χ0n) is 11.0. The standard InChI is InChI=1S/C15H20Cl2N2/c16-13-4-1-5-14(17)12(13)10-19-8-6-15-11(9-19)3-2-7-18-15/h1,4-5,11,15,18H,2-3,6-10H2. The minimum Gasteiger partial charge on any atom is -0.314 e. The molecule has 0 aromatic heterocycles. The van der Waals surface area contributed by atoms with E-state index in [1.54, 1.807) is 0 Å². The summed E-state index contributed by atoms with van der Waals surface area (Å²) >= 11 is 12.5. The molecule has 1 aromatic carbocycles. The van der Waals surface area contributed by atoms with E-state index >= 15 is 0 Å². The quantitative estimate of drug-likeness (QED) is 0.898. The van der Waals surface area contributed by atoms with Gasteiger partial charge >= 0.3 is 0 Å². The molecule has 104 valence electrons. The van der Waals surface area contributed by atoms with Gasteiger partial charge < -0.3 is 5.32 Å². The van der Waals surface area contributed by atoms with Crippen molar-refractivity contribution in [3.63, 3.8) is 0 Å². The summed E-state index contributed by atoms with van der Waals surface area (Å²) in [6.45, 7) is 4.37. The Labute approximate surface area is 125 Å². The topological polar surface area (TPSA) is 15.3 Å². The lowest BCUT2D eigenvalue weighted by Gasteiger charge is -2.42. The van der Waals surface area contributed by atoms with E-state index in [9.17, 15) is 0 Å². The number of benzene rings is 1. The molecule has 2 atom stereocenters. The smallest absolute Gasteiger partial charge is 0.0465 e. The summed E-state index contributed by atoms with van der Waals surface area (Å²) in [5, 5.41) is 5.23. The van der Waals surface area contributed by atoms with Gasteiger partial charge in [-0.2, -0.15) is 0 Å². The van der Waals surface area contributed by atoms with Crippen LogP contribution in [-0.4, -0.2) is 30.6 Å². The maximum Gasteiger partial charge on any atom is 0.0465 e. The predicted molar refractivity (Wildman–Crippen MR) is 80.9 cm³/mol. The molecular formula is C15H20Cl2N2. The minimum atomic E-state index is 0.728. The Hall–Kier alpha value is -0.280. The van der Waals surface area contributed by atoms with Gasteiger partial charge in [0.25, 0.3) is 0 Å². The van der Waals surface area contributed by atoms with Gasteiger partial charge in [-0.05, 0) is 50.4 Å². The van der Waals surface area contributed by atoms with Gasteiger partial charge in [0.15, 0.2) is 0 Å². The van der Waals surface area contributed by atoms with Crippen LogP contribution >= 0.6 is 23.2 Å². The first-order valence-corrected chi connectivity index (χ1v) is 7.88. The van der Waals surface area contributed by atoms with Crippen LogP contribution in [0.15, 0.2) is 18.2 Å². The molecule has 0 radical (unpaired) electrons. The number of fused-ring (bicyclic) bond motifs is 1. The number of rotatable bonds is 2. The molecule has 2 saturated heterocycles. The van der Waals surface area contributed by atoms with E-state index < -0.39 is 0 Å². The van der Waals surface area contributed by atoms with E-state index in [1.807, 2.05) is 18.2 Å². The van der Waals surface area contributed by atoms with Gasteiger partial charge in [-0.25, -0.2) is 0 Å². The van der Waals surface area contributed by atoms with Crippen LogP contribution in [-0.2, 0) is 6.54 Å². The first kappa shape index (κ1) is 13.7. The molecule has 0 spiro atoms. The molecule has 0 amide bonds. The largest absolute Gasteiger partial charge is 0.314 e. The second-order valence-corrected chi connectivity index (χ2v) is 6.50. The number of halogens is 2. The SMILES string of the molecule is Clc1cccc(Cl)c1CN1CCC2NCCCC2C1. The summed E-state index contributed by atoms with van der Waals surface area (Å²) in [6.07, 6.45) is 3.90. The Kier molecular flexibility index (Phi) is 4.33. The number of nitrogens with one attached hydrogen (secondary N) is 1. The zero-order valence-corrected chi connectivity index (χ0v) is 12.6. The molecule has 2 fully saturated rings. The van der Waals surface area contributed by atoms with Crippen molar-refractivity contribution in [2.45, 2.75) is 31.8 Å². The van der Waals surface area contributed by atoms with Crippen molar-refractivity contribution in [1.82, 2.24) is 10.2 Å². The van der Waals surface area contributed by atoms with E-state index in [0.717, 1.165) is 40.7 Å². The van der Waals surface area contributed by atoms with Crippen LogP contribution in [0.25, 0.3) is 0 Å². The third-order valence-electron chi connectivity index (χ3n) is 4.42. The average Bonchev–Trinajstić information content (AvgIpc) is 2.43. The van der Waals surface area contributed by atoms with E-state index in [0.29, 0.717) is 0 Å². The van der Waals surface area contributed by atoms with Crippen LogP contribution in [0.5, 0.6) is 0 Å². The highest BCUT2D eigenvalue weighted by Crippen LogP contribution is 2.29. The summed E-state index contributed by atoms with van der Waals surface area (Å²) in [6, 6.07) is 6.49.